The topological polar surface area (TPSA) is 78.4 Å². The Balaban J connectivity index is 2.66. The zero-order valence-corrected chi connectivity index (χ0v) is 8.77. The molecule has 15 heavy (non-hydrogen) atoms. The van der Waals surface area contributed by atoms with Gasteiger partial charge in [-0.25, -0.2) is 9.97 Å². The predicted octanol–water partition coefficient (Wildman–Crippen LogP) is 0.429. The highest BCUT2D eigenvalue weighted by atomic mass is 16.4. The second-order valence-electron chi connectivity index (χ2n) is 3.04. The van der Waals surface area contributed by atoms with E-state index in [1.807, 2.05) is 6.92 Å². The summed E-state index contributed by atoms with van der Waals surface area (Å²) in [4.78, 5) is 20.1. The average molecular weight is 210 g/mol. The number of likely N-dealkylation sites (N-methyl/N-ethyl adjacent to an activating group) is 1. The minimum atomic E-state index is -0.893. The number of nitrogens with one attached hydrogen (secondary N) is 1. The maximum absolute atomic E-state index is 10.5. The van der Waals surface area contributed by atoms with E-state index in [0.29, 0.717) is 11.6 Å². The lowest BCUT2D eigenvalue weighted by Crippen LogP contribution is -2.26. The van der Waals surface area contributed by atoms with Gasteiger partial charge < -0.3 is 15.3 Å². The van der Waals surface area contributed by atoms with E-state index in [2.05, 4.69) is 15.3 Å². The van der Waals surface area contributed by atoms with Crippen molar-refractivity contribution in [2.75, 3.05) is 30.4 Å². The van der Waals surface area contributed by atoms with Crippen LogP contribution in [0.2, 0.25) is 0 Å². The third-order valence-electron chi connectivity index (χ3n) is 1.76. The van der Waals surface area contributed by atoms with Gasteiger partial charge in [-0.2, -0.15) is 0 Å². The third kappa shape index (κ3) is 3.41. The van der Waals surface area contributed by atoms with E-state index >= 15 is 0 Å². The number of anilines is 2. The van der Waals surface area contributed by atoms with Crippen molar-refractivity contribution in [1.29, 1.82) is 0 Å². The van der Waals surface area contributed by atoms with Gasteiger partial charge in [0.1, 0.15) is 18.2 Å². The molecule has 6 nitrogen and oxygen atoms in total. The summed E-state index contributed by atoms with van der Waals surface area (Å²) < 4.78 is 0. The van der Waals surface area contributed by atoms with Gasteiger partial charge >= 0.3 is 5.97 Å². The maximum Gasteiger partial charge on any atom is 0.323 e. The number of hydrogen-bond acceptors (Lipinski definition) is 5. The van der Waals surface area contributed by atoms with Crippen LogP contribution >= 0.6 is 0 Å². The summed E-state index contributed by atoms with van der Waals surface area (Å²) >= 11 is 0. The lowest BCUT2D eigenvalue weighted by Gasteiger charge is -2.14. The van der Waals surface area contributed by atoms with E-state index in [0.717, 1.165) is 6.54 Å². The van der Waals surface area contributed by atoms with E-state index in [4.69, 9.17) is 5.11 Å². The molecule has 0 aliphatic rings. The van der Waals surface area contributed by atoms with Crippen LogP contribution in [0.1, 0.15) is 6.92 Å². The first-order valence-corrected chi connectivity index (χ1v) is 4.62. The zero-order chi connectivity index (χ0) is 11.3. The molecular formula is C9H14N4O2. The first kappa shape index (κ1) is 11.2. The van der Waals surface area contributed by atoms with Gasteiger partial charge in [-0.05, 0) is 6.92 Å². The molecule has 0 amide bonds. The minimum absolute atomic E-state index is 0.0881. The van der Waals surface area contributed by atoms with Gasteiger partial charge in [-0.15, -0.1) is 0 Å². The Labute approximate surface area is 88.0 Å². The second kappa shape index (κ2) is 5.14. The SMILES string of the molecule is CCNc1cnc(N(C)CC(=O)O)cn1. The Morgan fingerprint density at radius 2 is 2.27 bits per heavy atom. The quantitative estimate of drug-likeness (QED) is 0.733. The van der Waals surface area contributed by atoms with Crippen LogP contribution in [0.5, 0.6) is 0 Å². The van der Waals surface area contributed by atoms with E-state index in [1.54, 1.807) is 19.4 Å². The number of aliphatic carboxylic acids is 1. The highest BCUT2D eigenvalue weighted by Crippen LogP contribution is 2.08. The fourth-order valence-corrected chi connectivity index (χ4v) is 1.07. The summed E-state index contributed by atoms with van der Waals surface area (Å²) in [5.74, 6) is 0.332. The lowest BCUT2D eigenvalue weighted by atomic mass is 10.5. The van der Waals surface area contributed by atoms with Gasteiger partial charge in [-0.1, -0.05) is 0 Å². The van der Waals surface area contributed by atoms with E-state index in [1.165, 1.54) is 4.90 Å². The van der Waals surface area contributed by atoms with E-state index < -0.39 is 5.97 Å². The van der Waals surface area contributed by atoms with Crippen molar-refractivity contribution in [3.05, 3.63) is 12.4 Å². The van der Waals surface area contributed by atoms with Crippen LogP contribution in [0, 0.1) is 0 Å². The van der Waals surface area contributed by atoms with Gasteiger partial charge in [0.15, 0.2) is 0 Å². The Kier molecular flexibility index (Phi) is 3.84. The molecule has 0 spiro atoms. The third-order valence-corrected chi connectivity index (χ3v) is 1.76. The van der Waals surface area contributed by atoms with Crippen molar-refractivity contribution >= 4 is 17.6 Å². The molecule has 0 atom stereocenters. The predicted molar refractivity (Wildman–Crippen MR) is 57.1 cm³/mol. The number of nitrogens with zero attached hydrogens (tertiary/aromatic N) is 3. The van der Waals surface area contributed by atoms with Crippen LogP contribution in [0.4, 0.5) is 11.6 Å². The lowest BCUT2D eigenvalue weighted by molar-refractivity contribution is -0.135. The van der Waals surface area contributed by atoms with E-state index in [-0.39, 0.29) is 6.54 Å². The molecule has 1 heterocycles. The van der Waals surface area contributed by atoms with Crippen LogP contribution in [0.15, 0.2) is 12.4 Å². The number of rotatable bonds is 5. The molecule has 0 fully saturated rings. The number of hydrogen-bond donors (Lipinski definition) is 2. The minimum Gasteiger partial charge on any atom is -0.480 e. The molecule has 1 aromatic heterocycles. The van der Waals surface area contributed by atoms with E-state index in [9.17, 15) is 4.79 Å². The van der Waals surface area contributed by atoms with Crippen molar-refractivity contribution in [1.82, 2.24) is 9.97 Å². The molecular weight excluding hydrogens is 196 g/mol. The monoisotopic (exact) mass is 210 g/mol. The first-order valence-electron chi connectivity index (χ1n) is 4.62. The van der Waals surface area contributed by atoms with Crippen LogP contribution in [-0.2, 0) is 4.79 Å². The zero-order valence-electron chi connectivity index (χ0n) is 8.77. The summed E-state index contributed by atoms with van der Waals surface area (Å²) in [5, 5.41) is 11.6. The molecule has 1 aromatic rings. The summed E-state index contributed by atoms with van der Waals surface area (Å²) in [7, 11) is 1.66. The second-order valence-corrected chi connectivity index (χ2v) is 3.04. The van der Waals surface area contributed by atoms with Crippen molar-refractivity contribution < 1.29 is 9.90 Å². The first-order chi connectivity index (χ1) is 7.13. The van der Waals surface area contributed by atoms with Gasteiger partial charge in [0.2, 0.25) is 0 Å². The molecule has 0 saturated carbocycles. The Morgan fingerprint density at radius 3 is 2.73 bits per heavy atom. The summed E-state index contributed by atoms with van der Waals surface area (Å²) in [6.45, 7) is 2.65. The number of carboxylic acids is 1. The number of aromatic nitrogens is 2. The fraction of sp³-hybridized carbons (Fsp3) is 0.444. The van der Waals surface area contributed by atoms with Crippen LogP contribution < -0.4 is 10.2 Å². The molecule has 82 valence electrons. The van der Waals surface area contributed by atoms with Gasteiger partial charge in [0.05, 0.1) is 12.4 Å². The molecule has 0 saturated heterocycles. The molecule has 0 aliphatic carbocycles. The van der Waals surface area contributed by atoms with Crippen molar-refractivity contribution in [3.63, 3.8) is 0 Å². The Bertz CT molecular complexity index is 325. The average Bonchev–Trinajstić information content (AvgIpc) is 2.18. The normalized spacial score (nSPS) is 9.73. The molecule has 0 aromatic carbocycles. The van der Waals surface area contributed by atoms with Gasteiger partial charge in [0, 0.05) is 13.6 Å². The molecule has 6 heteroatoms. The molecule has 0 aliphatic heterocycles. The van der Waals surface area contributed by atoms with Crippen molar-refractivity contribution in [2.45, 2.75) is 6.92 Å². The summed E-state index contributed by atoms with van der Waals surface area (Å²) in [5.41, 5.74) is 0. The van der Waals surface area contributed by atoms with Crippen LogP contribution in [-0.4, -0.2) is 41.2 Å². The largest absolute Gasteiger partial charge is 0.480 e. The number of carboxylic acid groups (broad SMARTS) is 1. The molecule has 2 N–H and O–H groups in total. The van der Waals surface area contributed by atoms with Gasteiger partial charge in [0.25, 0.3) is 0 Å². The molecule has 0 unspecified atom stereocenters. The highest BCUT2D eigenvalue weighted by Gasteiger charge is 2.06. The molecule has 1 rings (SSSR count). The number of carbonyl (C=O) groups is 1. The summed E-state index contributed by atoms with van der Waals surface area (Å²) in [6.07, 6.45) is 3.12. The van der Waals surface area contributed by atoms with Crippen LogP contribution in [0.25, 0.3) is 0 Å². The molecule has 0 radical (unpaired) electrons. The Hall–Kier alpha value is -1.85. The van der Waals surface area contributed by atoms with Gasteiger partial charge in [-0.3, -0.25) is 4.79 Å². The van der Waals surface area contributed by atoms with Crippen LogP contribution in [0.3, 0.4) is 0 Å². The Morgan fingerprint density at radius 1 is 1.53 bits per heavy atom. The van der Waals surface area contributed by atoms with Crippen molar-refractivity contribution in [3.8, 4) is 0 Å². The summed E-state index contributed by atoms with van der Waals surface area (Å²) in [6, 6.07) is 0. The fourth-order valence-electron chi connectivity index (χ4n) is 1.07. The maximum atomic E-state index is 10.5. The highest BCUT2D eigenvalue weighted by molar-refractivity contribution is 5.72. The smallest absolute Gasteiger partial charge is 0.323 e. The van der Waals surface area contributed by atoms with Crippen molar-refractivity contribution in [2.24, 2.45) is 0 Å². The standard InChI is InChI=1S/C9H14N4O2/c1-3-10-7-4-12-8(5-11-7)13(2)6-9(14)15/h4-5H,3,6H2,1-2H3,(H,10,11)(H,14,15). The molecule has 0 bridgehead atoms.